The first-order chi connectivity index (χ1) is 16.1. The van der Waals surface area contributed by atoms with Crippen molar-refractivity contribution >= 4 is 38.3 Å². The van der Waals surface area contributed by atoms with Gasteiger partial charge < -0.3 is 9.80 Å². The third kappa shape index (κ3) is 4.26. The minimum Gasteiger partial charge on any atom is -0.348 e. The molecule has 7 nitrogen and oxygen atoms in total. The number of hydrogen-bond acceptors (Lipinski definition) is 6. The molecule has 0 bridgehead atoms. The van der Waals surface area contributed by atoms with Gasteiger partial charge in [-0.3, -0.25) is 9.59 Å². The highest BCUT2D eigenvalue weighted by Gasteiger charge is 2.22. The molecule has 0 atom stereocenters. The normalized spacial score (nSPS) is 13.9. The molecule has 0 spiro atoms. The van der Waals surface area contributed by atoms with E-state index >= 15 is 0 Å². The highest BCUT2D eigenvalue weighted by Crippen LogP contribution is 2.34. The molecule has 1 aliphatic rings. The van der Waals surface area contributed by atoms with E-state index in [9.17, 15) is 9.59 Å². The number of anilines is 2. The highest BCUT2D eigenvalue weighted by atomic mass is 32.1. The predicted octanol–water partition coefficient (Wildman–Crippen LogP) is 4.17. The third-order valence-corrected chi connectivity index (χ3v) is 7.09. The molecular formula is C25H25N5O2S. The minimum absolute atomic E-state index is 0.156. The smallest absolute Gasteiger partial charge is 0.294 e. The van der Waals surface area contributed by atoms with E-state index in [1.54, 1.807) is 11.9 Å². The molecule has 2 aromatic heterocycles. The summed E-state index contributed by atoms with van der Waals surface area (Å²) >= 11 is 1.51. The topological polar surface area (TPSA) is 71.3 Å². The third-order valence-electron chi connectivity index (χ3n) is 5.97. The molecule has 1 amide bonds. The monoisotopic (exact) mass is 459 g/mol. The SMILES string of the molecule is CN(C(=O)Cn1nc(-c2ccccc2)c2sc(N3CCCCC3)nc2c1=O)c1ccccc1. The fourth-order valence-electron chi connectivity index (χ4n) is 4.09. The van der Waals surface area contributed by atoms with Gasteiger partial charge in [-0.15, -0.1) is 0 Å². The zero-order valence-corrected chi connectivity index (χ0v) is 19.3. The molecule has 0 radical (unpaired) electrons. The lowest BCUT2D eigenvalue weighted by Gasteiger charge is -2.25. The molecule has 1 aliphatic heterocycles. The van der Waals surface area contributed by atoms with Crippen LogP contribution in [0.25, 0.3) is 21.5 Å². The Bertz CT molecular complexity index is 1330. The van der Waals surface area contributed by atoms with Crippen molar-refractivity contribution in [2.75, 3.05) is 29.9 Å². The Morgan fingerprint density at radius 3 is 2.36 bits per heavy atom. The Hall–Kier alpha value is -3.52. The van der Waals surface area contributed by atoms with Gasteiger partial charge >= 0.3 is 0 Å². The molecular weight excluding hydrogens is 434 g/mol. The van der Waals surface area contributed by atoms with Crippen LogP contribution in [-0.4, -0.2) is 40.8 Å². The fourth-order valence-corrected chi connectivity index (χ4v) is 5.21. The Balaban J connectivity index is 1.58. The second-order valence-corrected chi connectivity index (χ2v) is 9.17. The number of rotatable bonds is 5. The van der Waals surface area contributed by atoms with Crippen molar-refractivity contribution in [3.63, 3.8) is 0 Å². The van der Waals surface area contributed by atoms with Gasteiger partial charge in [-0.25, -0.2) is 9.67 Å². The average Bonchev–Trinajstić information content (AvgIpc) is 3.33. The predicted molar refractivity (Wildman–Crippen MR) is 133 cm³/mol. The van der Waals surface area contributed by atoms with E-state index in [-0.39, 0.29) is 18.0 Å². The maximum Gasteiger partial charge on any atom is 0.294 e. The van der Waals surface area contributed by atoms with Crippen molar-refractivity contribution in [2.45, 2.75) is 25.8 Å². The van der Waals surface area contributed by atoms with Crippen LogP contribution >= 0.6 is 11.3 Å². The van der Waals surface area contributed by atoms with Gasteiger partial charge in [0.15, 0.2) is 10.6 Å². The van der Waals surface area contributed by atoms with Crippen LogP contribution < -0.4 is 15.4 Å². The lowest BCUT2D eigenvalue weighted by Crippen LogP contribution is -2.35. The molecule has 0 N–H and O–H groups in total. The van der Waals surface area contributed by atoms with Gasteiger partial charge in [0.2, 0.25) is 5.91 Å². The summed E-state index contributed by atoms with van der Waals surface area (Å²) in [5, 5.41) is 5.51. The molecule has 0 aliphatic carbocycles. The zero-order chi connectivity index (χ0) is 22.8. The first kappa shape index (κ1) is 21.3. The van der Waals surface area contributed by atoms with E-state index in [0.29, 0.717) is 11.2 Å². The second kappa shape index (κ2) is 9.15. The number of piperidine rings is 1. The molecule has 4 aromatic rings. The number of nitrogens with zero attached hydrogens (tertiary/aromatic N) is 5. The summed E-state index contributed by atoms with van der Waals surface area (Å²) in [6.07, 6.45) is 3.48. The second-order valence-electron chi connectivity index (χ2n) is 8.19. The van der Waals surface area contributed by atoms with Crippen LogP contribution in [0.15, 0.2) is 65.5 Å². The largest absolute Gasteiger partial charge is 0.348 e. The average molecular weight is 460 g/mol. The summed E-state index contributed by atoms with van der Waals surface area (Å²) in [5.74, 6) is -0.222. The first-order valence-corrected chi connectivity index (χ1v) is 12.0. The Kier molecular flexibility index (Phi) is 5.92. The molecule has 1 saturated heterocycles. The van der Waals surface area contributed by atoms with Crippen LogP contribution in [0.4, 0.5) is 10.8 Å². The Labute approximate surface area is 195 Å². The van der Waals surface area contributed by atoms with Crippen LogP contribution in [-0.2, 0) is 11.3 Å². The van der Waals surface area contributed by atoms with E-state index in [1.807, 2.05) is 60.7 Å². The molecule has 0 saturated carbocycles. The summed E-state index contributed by atoms with van der Waals surface area (Å²) in [6, 6.07) is 19.1. The van der Waals surface area contributed by atoms with Gasteiger partial charge in [-0.1, -0.05) is 59.9 Å². The molecule has 33 heavy (non-hydrogen) atoms. The number of hydrogen-bond donors (Lipinski definition) is 0. The fraction of sp³-hybridized carbons (Fsp3) is 0.280. The van der Waals surface area contributed by atoms with E-state index < -0.39 is 0 Å². The van der Waals surface area contributed by atoms with Crippen molar-refractivity contribution in [2.24, 2.45) is 0 Å². The van der Waals surface area contributed by atoms with Crippen molar-refractivity contribution in [3.05, 3.63) is 71.0 Å². The number of carbonyl (C=O) groups is 1. The number of likely N-dealkylation sites (N-methyl/N-ethyl adjacent to an activating group) is 1. The lowest BCUT2D eigenvalue weighted by atomic mass is 10.1. The molecule has 0 unspecified atom stereocenters. The van der Waals surface area contributed by atoms with Crippen LogP contribution in [0.3, 0.4) is 0 Å². The maximum atomic E-state index is 13.4. The molecule has 8 heteroatoms. The standard InChI is InChI=1S/C25H25N5O2S/c1-28(19-13-7-3-8-14-19)20(31)17-30-24(32)22-23(21(27-30)18-11-5-2-6-12-18)33-25(26-22)29-15-9-4-10-16-29/h2-3,5-8,11-14H,4,9-10,15-17H2,1H3. The number of para-hydroxylation sites is 1. The van der Waals surface area contributed by atoms with E-state index in [2.05, 4.69) is 10.00 Å². The summed E-state index contributed by atoms with van der Waals surface area (Å²) in [7, 11) is 1.71. The van der Waals surface area contributed by atoms with Gasteiger partial charge in [0, 0.05) is 31.4 Å². The van der Waals surface area contributed by atoms with Gasteiger partial charge in [0.05, 0.1) is 4.70 Å². The quantitative estimate of drug-likeness (QED) is 0.448. The maximum absolute atomic E-state index is 13.4. The molecule has 1 fully saturated rings. The zero-order valence-electron chi connectivity index (χ0n) is 18.5. The summed E-state index contributed by atoms with van der Waals surface area (Å²) < 4.78 is 2.03. The summed E-state index contributed by atoms with van der Waals surface area (Å²) in [5.41, 5.74) is 2.39. The van der Waals surface area contributed by atoms with Gasteiger partial charge in [-0.2, -0.15) is 5.10 Å². The van der Waals surface area contributed by atoms with Crippen LogP contribution in [0, 0.1) is 0 Å². The van der Waals surface area contributed by atoms with E-state index in [1.165, 1.54) is 22.4 Å². The Morgan fingerprint density at radius 1 is 1.00 bits per heavy atom. The molecule has 5 rings (SSSR count). The van der Waals surface area contributed by atoms with E-state index in [0.717, 1.165) is 47.0 Å². The number of carbonyl (C=O) groups excluding carboxylic acids is 1. The summed E-state index contributed by atoms with van der Waals surface area (Å²) in [6.45, 7) is 1.74. The number of thiazole rings is 1. The van der Waals surface area contributed by atoms with Crippen LogP contribution in [0.1, 0.15) is 19.3 Å². The molecule has 168 valence electrons. The van der Waals surface area contributed by atoms with Crippen molar-refractivity contribution in [1.82, 2.24) is 14.8 Å². The molecule has 2 aromatic carbocycles. The van der Waals surface area contributed by atoms with Crippen LogP contribution in [0.2, 0.25) is 0 Å². The molecule has 3 heterocycles. The van der Waals surface area contributed by atoms with Crippen molar-refractivity contribution < 1.29 is 4.79 Å². The van der Waals surface area contributed by atoms with E-state index in [4.69, 9.17) is 4.98 Å². The van der Waals surface area contributed by atoms with Crippen molar-refractivity contribution in [3.8, 4) is 11.3 Å². The number of aromatic nitrogens is 3. The minimum atomic E-state index is -0.334. The number of amides is 1. The Morgan fingerprint density at radius 2 is 1.67 bits per heavy atom. The van der Waals surface area contributed by atoms with Gasteiger partial charge in [-0.05, 0) is 31.4 Å². The number of fused-ring (bicyclic) bond motifs is 1. The van der Waals surface area contributed by atoms with Crippen molar-refractivity contribution in [1.29, 1.82) is 0 Å². The lowest BCUT2D eigenvalue weighted by molar-refractivity contribution is -0.119. The first-order valence-electron chi connectivity index (χ1n) is 11.2. The van der Waals surface area contributed by atoms with Gasteiger partial charge in [0.1, 0.15) is 12.2 Å². The van der Waals surface area contributed by atoms with Gasteiger partial charge in [0.25, 0.3) is 5.56 Å². The van der Waals surface area contributed by atoms with Crippen LogP contribution in [0.5, 0.6) is 0 Å². The highest BCUT2D eigenvalue weighted by molar-refractivity contribution is 7.22. The summed E-state index contributed by atoms with van der Waals surface area (Å²) in [4.78, 5) is 34.9. The number of benzene rings is 2.